The molecular weight excluding hydrogens is 687 g/mol. The molecule has 0 aliphatic carbocycles. The van der Waals surface area contributed by atoms with E-state index in [1.54, 1.807) is 0 Å². The van der Waals surface area contributed by atoms with Crippen molar-refractivity contribution in [3.63, 3.8) is 0 Å². The van der Waals surface area contributed by atoms with Crippen molar-refractivity contribution in [3.8, 4) is 67.9 Å². The number of aromatic nitrogens is 6. The molecule has 260 valence electrons. The van der Waals surface area contributed by atoms with Gasteiger partial charge in [-0.1, -0.05) is 164 Å². The molecule has 0 aliphatic rings. The first-order valence-corrected chi connectivity index (χ1v) is 18.3. The monoisotopic (exact) mass is 715 g/mol. The van der Waals surface area contributed by atoms with Crippen LogP contribution in [0.25, 0.3) is 105 Å². The van der Waals surface area contributed by atoms with E-state index in [0.29, 0.717) is 45.3 Å². The minimum Gasteiger partial charge on any atom is -0.248 e. The Morgan fingerprint density at radius 2 is 0.821 bits per heavy atom. The van der Waals surface area contributed by atoms with E-state index >= 15 is 0 Å². The van der Waals surface area contributed by atoms with Crippen molar-refractivity contribution in [2.45, 2.75) is 0 Å². The Bertz CT molecular complexity index is 3070. The summed E-state index contributed by atoms with van der Waals surface area (Å²) >= 11 is 0. The van der Waals surface area contributed by atoms with E-state index < -0.39 is 0 Å². The van der Waals surface area contributed by atoms with Crippen LogP contribution in [0.2, 0.25) is 0 Å². The number of para-hydroxylation sites is 1. The minimum absolute atomic E-state index is 0.432. The highest BCUT2D eigenvalue weighted by atomic mass is 15.0. The molecule has 7 aromatic carbocycles. The van der Waals surface area contributed by atoms with Gasteiger partial charge >= 0.3 is 0 Å². The van der Waals surface area contributed by atoms with Gasteiger partial charge in [-0.25, -0.2) is 34.7 Å². The molecule has 0 atom stereocenters. The van der Waals surface area contributed by atoms with Crippen molar-refractivity contribution in [1.82, 2.24) is 29.9 Å². The molecule has 7 nitrogen and oxygen atoms in total. The quantitative estimate of drug-likeness (QED) is 0.126. The fourth-order valence-corrected chi connectivity index (χ4v) is 7.33. The van der Waals surface area contributed by atoms with Crippen molar-refractivity contribution in [2.75, 3.05) is 0 Å². The molecule has 0 N–H and O–H groups in total. The van der Waals surface area contributed by atoms with E-state index in [1.165, 1.54) is 0 Å². The molecule has 10 aromatic rings. The molecule has 0 bridgehead atoms. The van der Waals surface area contributed by atoms with Crippen LogP contribution in [0.1, 0.15) is 0 Å². The van der Waals surface area contributed by atoms with Gasteiger partial charge < -0.3 is 0 Å². The lowest BCUT2D eigenvalue weighted by Crippen LogP contribution is -2.02. The summed E-state index contributed by atoms with van der Waals surface area (Å²) in [5.74, 6) is 1.62. The zero-order valence-corrected chi connectivity index (χ0v) is 29.9. The predicted molar refractivity (Wildman–Crippen MR) is 225 cm³/mol. The van der Waals surface area contributed by atoms with E-state index in [1.807, 2.05) is 164 Å². The molecule has 56 heavy (non-hydrogen) atoms. The molecule has 0 aliphatic heterocycles. The van der Waals surface area contributed by atoms with Crippen LogP contribution in [0, 0.1) is 6.57 Å². The second kappa shape index (κ2) is 13.8. The summed E-state index contributed by atoms with van der Waals surface area (Å²) in [7, 11) is 0. The first kappa shape index (κ1) is 32.7. The van der Waals surface area contributed by atoms with E-state index in [2.05, 4.69) is 17.0 Å². The first-order valence-electron chi connectivity index (χ1n) is 18.3. The summed E-state index contributed by atoms with van der Waals surface area (Å²) in [5.41, 5.74) is 9.89. The fourth-order valence-electron chi connectivity index (χ4n) is 7.33. The number of rotatable bonds is 6. The number of pyridine rings is 1. The fraction of sp³-hybridized carbons (Fsp3) is 0. The van der Waals surface area contributed by atoms with Gasteiger partial charge in [0.05, 0.1) is 40.2 Å². The minimum atomic E-state index is 0.432. The third-order valence-corrected chi connectivity index (χ3v) is 9.92. The van der Waals surface area contributed by atoms with E-state index in [-0.39, 0.29) is 0 Å². The second-order valence-corrected chi connectivity index (χ2v) is 13.3. The maximum atomic E-state index is 8.54. The van der Waals surface area contributed by atoms with Gasteiger partial charge in [-0.05, 0) is 12.1 Å². The molecule has 3 aromatic heterocycles. The van der Waals surface area contributed by atoms with Crippen molar-refractivity contribution >= 4 is 38.4 Å². The Morgan fingerprint density at radius 1 is 0.357 bits per heavy atom. The van der Waals surface area contributed by atoms with Gasteiger partial charge in [0.2, 0.25) is 0 Å². The third kappa shape index (κ3) is 5.70. The SMILES string of the molecule is [C-]#[N+]c1cc2nc(-c3ccccc3)c(-c3ccccc3)nc2c2c1c(-c1ccccc1-c1nc(-c3ccccc3)nc(-c3ccccc3)n1)nc1ccccc12. The highest BCUT2D eigenvalue weighted by Gasteiger charge is 2.24. The van der Waals surface area contributed by atoms with Crippen molar-refractivity contribution in [2.24, 2.45) is 0 Å². The molecule has 0 spiro atoms. The van der Waals surface area contributed by atoms with E-state index in [9.17, 15) is 0 Å². The van der Waals surface area contributed by atoms with E-state index in [4.69, 9.17) is 36.5 Å². The molecule has 0 saturated heterocycles. The Labute approximate surface area is 322 Å². The molecule has 10 rings (SSSR count). The van der Waals surface area contributed by atoms with Crippen molar-refractivity contribution < 1.29 is 0 Å². The molecule has 3 heterocycles. The zero-order valence-electron chi connectivity index (χ0n) is 29.9. The summed E-state index contributed by atoms with van der Waals surface area (Å²) in [6, 6.07) is 58.0. The smallest absolute Gasteiger partial charge is 0.199 e. The Kier molecular flexibility index (Phi) is 8.05. The van der Waals surface area contributed by atoms with Crippen molar-refractivity contribution in [3.05, 3.63) is 187 Å². The Morgan fingerprint density at radius 3 is 1.41 bits per heavy atom. The molecule has 0 unspecified atom stereocenters. The molecular formula is C49H29N7. The van der Waals surface area contributed by atoms with Crippen LogP contribution in [0.4, 0.5) is 5.69 Å². The topological polar surface area (TPSA) is 81.7 Å². The largest absolute Gasteiger partial charge is 0.248 e. The number of hydrogen-bond acceptors (Lipinski definition) is 6. The van der Waals surface area contributed by atoms with Gasteiger partial charge in [-0.15, -0.1) is 0 Å². The normalized spacial score (nSPS) is 11.2. The molecule has 7 heteroatoms. The number of hydrogen-bond donors (Lipinski definition) is 0. The van der Waals surface area contributed by atoms with Crippen LogP contribution >= 0.6 is 0 Å². The first-order chi connectivity index (χ1) is 27.7. The van der Waals surface area contributed by atoms with Crippen LogP contribution in [0.3, 0.4) is 0 Å². The van der Waals surface area contributed by atoms with Gasteiger partial charge in [0.15, 0.2) is 23.2 Å². The molecule has 0 fully saturated rings. The van der Waals surface area contributed by atoms with Crippen LogP contribution in [0.5, 0.6) is 0 Å². The van der Waals surface area contributed by atoms with Gasteiger partial charge in [0.1, 0.15) is 0 Å². The predicted octanol–water partition coefficient (Wildman–Crippen LogP) is 12.1. The summed E-state index contributed by atoms with van der Waals surface area (Å²) in [6.45, 7) is 8.54. The Hall–Kier alpha value is -7.95. The van der Waals surface area contributed by atoms with Gasteiger partial charge in [0.25, 0.3) is 0 Å². The molecule has 0 radical (unpaired) electrons. The maximum absolute atomic E-state index is 8.54. The average molecular weight is 716 g/mol. The number of nitrogens with zero attached hydrogens (tertiary/aromatic N) is 7. The lowest BCUT2D eigenvalue weighted by Gasteiger charge is -2.17. The second-order valence-electron chi connectivity index (χ2n) is 13.3. The van der Waals surface area contributed by atoms with Crippen LogP contribution in [-0.2, 0) is 0 Å². The van der Waals surface area contributed by atoms with Crippen LogP contribution in [-0.4, -0.2) is 29.9 Å². The zero-order chi connectivity index (χ0) is 37.4. The average Bonchev–Trinajstić information content (AvgIpc) is 3.29. The summed E-state index contributed by atoms with van der Waals surface area (Å²) in [5, 5.41) is 2.40. The number of fused-ring (bicyclic) bond motifs is 5. The molecule has 0 saturated carbocycles. The summed E-state index contributed by atoms with van der Waals surface area (Å²) in [6.07, 6.45) is 0. The third-order valence-electron chi connectivity index (χ3n) is 9.92. The number of benzene rings is 7. The van der Waals surface area contributed by atoms with E-state index in [0.717, 1.165) is 61.1 Å². The molecule has 0 amide bonds. The van der Waals surface area contributed by atoms with Crippen molar-refractivity contribution in [1.29, 1.82) is 0 Å². The highest BCUT2D eigenvalue weighted by Crippen LogP contribution is 2.45. The van der Waals surface area contributed by atoms with Gasteiger partial charge in [0, 0.05) is 49.5 Å². The maximum Gasteiger partial charge on any atom is 0.199 e. The van der Waals surface area contributed by atoms with Crippen LogP contribution in [0.15, 0.2) is 176 Å². The standard InChI is InChI=1S/C49H29N7/c1-50-39-30-40-46(53-44(32-20-8-3-9-21-32)43(52-40)31-18-6-2-7-19-31)41-37-28-16-17-29-38(37)51-45(42(39)41)35-26-14-15-27-36(35)49-55-47(33-22-10-4-11-23-33)54-48(56-49)34-24-12-5-13-25-34/h2-30H. The van der Waals surface area contributed by atoms with Crippen LogP contribution < -0.4 is 0 Å². The van der Waals surface area contributed by atoms with Gasteiger partial charge in [-0.2, -0.15) is 0 Å². The highest BCUT2D eigenvalue weighted by molar-refractivity contribution is 6.25. The Balaban J connectivity index is 1.29. The van der Waals surface area contributed by atoms with Gasteiger partial charge in [-0.3, -0.25) is 0 Å². The summed E-state index contributed by atoms with van der Waals surface area (Å²) in [4.78, 5) is 35.3. The lowest BCUT2D eigenvalue weighted by atomic mass is 9.94. The summed E-state index contributed by atoms with van der Waals surface area (Å²) < 4.78 is 0. The lowest BCUT2D eigenvalue weighted by molar-refractivity contribution is 1.07.